The summed E-state index contributed by atoms with van der Waals surface area (Å²) in [4.78, 5) is 21.8. The summed E-state index contributed by atoms with van der Waals surface area (Å²) in [5, 5.41) is 12.2. The first-order valence-corrected chi connectivity index (χ1v) is 5.44. The van der Waals surface area contributed by atoms with Gasteiger partial charge in [0, 0.05) is 19.4 Å². The number of amides is 2. The van der Waals surface area contributed by atoms with Crippen LogP contribution in [0.15, 0.2) is 18.2 Å². The van der Waals surface area contributed by atoms with Crippen molar-refractivity contribution in [1.82, 2.24) is 5.32 Å². The highest BCUT2D eigenvalue weighted by Gasteiger charge is 2.06. The van der Waals surface area contributed by atoms with Crippen LogP contribution in [0.1, 0.15) is 18.4 Å². The summed E-state index contributed by atoms with van der Waals surface area (Å²) in [6, 6.07) is 4.85. The fraction of sp³-hybridized carbons (Fsp3) is 0.333. The lowest BCUT2D eigenvalue weighted by Crippen LogP contribution is -2.24. The molecule has 0 atom stereocenters. The number of nitrogens with one attached hydrogen (secondary N) is 1. The molecule has 0 heterocycles. The Balaban J connectivity index is 2.46. The molecule has 0 fully saturated rings. The lowest BCUT2D eigenvalue weighted by atomic mass is 10.2. The van der Waals surface area contributed by atoms with Gasteiger partial charge in [-0.25, -0.2) is 0 Å². The highest BCUT2D eigenvalue weighted by Crippen LogP contribution is 2.25. The number of carbonyl (C=O) groups excluding carboxylic acids is 2. The van der Waals surface area contributed by atoms with E-state index in [1.54, 1.807) is 12.1 Å². The predicted octanol–water partition coefficient (Wildman–Crippen LogP) is 0.283. The molecular formula is C12H16N2O4. The van der Waals surface area contributed by atoms with Crippen molar-refractivity contribution in [1.29, 1.82) is 0 Å². The second-order valence-electron chi connectivity index (χ2n) is 3.75. The summed E-state index contributed by atoms with van der Waals surface area (Å²) in [5.74, 6) is -0.378. The molecular weight excluding hydrogens is 236 g/mol. The Hall–Kier alpha value is -2.24. The van der Waals surface area contributed by atoms with Gasteiger partial charge in [-0.2, -0.15) is 0 Å². The maximum absolute atomic E-state index is 11.3. The first-order valence-electron chi connectivity index (χ1n) is 5.44. The molecule has 1 rings (SSSR count). The third-order valence-corrected chi connectivity index (χ3v) is 2.33. The van der Waals surface area contributed by atoms with Crippen LogP contribution in [-0.4, -0.2) is 24.0 Å². The Kier molecular flexibility index (Phi) is 4.98. The number of benzene rings is 1. The average Bonchev–Trinajstić information content (AvgIpc) is 2.34. The van der Waals surface area contributed by atoms with Crippen LogP contribution in [0.5, 0.6) is 11.5 Å². The van der Waals surface area contributed by atoms with Gasteiger partial charge in [-0.1, -0.05) is 6.07 Å². The topological polar surface area (TPSA) is 102 Å². The minimum absolute atomic E-state index is 0.0152. The molecule has 0 saturated heterocycles. The normalized spacial score (nSPS) is 9.83. The zero-order chi connectivity index (χ0) is 13.5. The molecule has 1 aromatic rings. The Morgan fingerprint density at radius 3 is 2.67 bits per heavy atom. The third kappa shape index (κ3) is 4.32. The van der Waals surface area contributed by atoms with E-state index in [0.717, 1.165) is 5.56 Å². The molecule has 0 aliphatic carbocycles. The summed E-state index contributed by atoms with van der Waals surface area (Å²) in [5.41, 5.74) is 5.67. The van der Waals surface area contributed by atoms with Crippen LogP contribution in [0.25, 0.3) is 0 Å². The van der Waals surface area contributed by atoms with Gasteiger partial charge in [-0.3, -0.25) is 9.59 Å². The zero-order valence-corrected chi connectivity index (χ0v) is 10.1. The molecule has 1 aromatic carbocycles. The van der Waals surface area contributed by atoms with Gasteiger partial charge in [0.2, 0.25) is 11.8 Å². The molecule has 0 aliphatic rings. The van der Waals surface area contributed by atoms with E-state index in [1.165, 1.54) is 13.2 Å². The van der Waals surface area contributed by atoms with Gasteiger partial charge < -0.3 is 20.9 Å². The Morgan fingerprint density at radius 1 is 1.39 bits per heavy atom. The predicted molar refractivity (Wildman–Crippen MR) is 64.9 cm³/mol. The molecule has 18 heavy (non-hydrogen) atoms. The van der Waals surface area contributed by atoms with Gasteiger partial charge >= 0.3 is 0 Å². The van der Waals surface area contributed by atoms with Crippen LogP contribution in [0.3, 0.4) is 0 Å². The SMILES string of the molecule is COc1ccc(CNC(=O)CCC(N)=O)cc1O. The first kappa shape index (κ1) is 13.8. The molecule has 0 saturated carbocycles. The molecule has 0 bridgehead atoms. The highest BCUT2D eigenvalue weighted by atomic mass is 16.5. The maximum Gasteiger partial charge on any atom is 0.220 e. The van der Waals surface area contributed by atoms with Crippen LogP contribution in [-0.2, 0) is 16.1 Å². The Bertz CT molecular complexity index is 446. The Labute approximate surface area is 105 Å². The molecule has 98 valence electrons. The summed E-state index contributed by atoms with van der Waals surface area (Å²) >= 11 is 0. The smallest absolute Gasteiger partial charge is 0.220 e. The van der Waals surface area contributed by atoms with Gasteiger partial charge in [-0.05, 0) is 17.7 Å². The largest absolute Gasteiger partial charge is 0.504 e. The fourth-order valence-corrected chi connectivity index (χ4v) is 1.37. The standard InChI is InChI=1S/C12H16N2O4/c1-18-10-3-2-8(6-9(10)15)7-14-12(17)5-4-11(13)16/h2-3,6,15H,4-5,7H2,1H3,(H2,13,16)(H,14,17). The minimum Gasteiger partial charge on any atom is -0.504 e. The van der Waals surface area contributed by atoms with Crippen LogP contribution in [0.4, 0.5) is 0 Å². The molecule has 0 aromatic heterocycles. The van der Waals surface area contributed by atoms with Crippen LogP contribution >= 0.6 is 0 Å². The average molecular weight is 252 g/mol. The van der Waals surface area contributed by atoms with E-state index in [1.807, 2.05) is 0 Å². The zero-order valence-electron chi connectivity index (χ0n) is 10.1. The van der Waals surface area contributed by atoms with Crippen molar-refractivity contribution in [2.45, 2.75) is 19.4 Å². The second kappa shape index (κ2) is 6.48. The van der Waals surface area contributed by atoms with Gasteiger partial charge in [0.05, 0.1) is 7.11 Å². The van der Waals surface area contributed by atoms with Crippen molar-refractivity contribution in [3.05, 3.63) is 23.8 Å². The van der Waals surface area contributed by atoms with E-state index in [-0.39, 0.29) is 31.0 Å². The monoisotopic (exact) mass is 252 g/mol. The number of primary amides is 1. The van der Waals surface area contributed by atoms with Gasteiger partial charge in [0.15, 0.2) is 11.5 Å². The van der Waals surface area contributed by atoms with Crippen molar-refractivity contribution < 1.29 is 19.4 Å². The van der Waals surface area contributed by atoms with E-state index < -0.39 is 5.91 Å². The Morgan fingerprint density at radius 2 is 2.11 bits per heavy atom. The lowest BCUT2D eigenvalue weighted by Gasteiger charge is -2.07. The van der Waals surface area contributed by atoms with Gasteiger partial charge in [0.1, 0.15) is 0 Å². The number of hydrogen-bond donors (Lipinski definition) is 3. The third-order valence-electron chi connectivity index (χ3n) is 2.33. The van der Waals surface area contributed by atoms with E-state index in [4.69, 9.17) is 10.5 Å². The number of phenolic OH excluding ortho intramolecular Hbond substituents is 1. The molecule has 0 radical (unpaired) electrons. The molecule has 6 heteroatoms. The minimum atomic E-state index is -0.507. The summed E-state index contributed by atoms with van der Waals surface area (Å²) < 4.78 is 4.90. The van der Waals surface area contributed by atoms with Gasteiger partial charge in [0.25, 0.3) is 0 Å². The summed E-state index contributed by atoms with van der Waals surface area (Å²) in [6.07, 6.45) is 0.0944. The van der Waals surface area contributed by atoms with E-state index in [9.17, 15) is 14.7 Å². The summed E-state index contributed by atoms with van der Waals surface area (Å²) in [7, 11) is 1.46. The number of phenols is 1. The molecule has 6 nitrogen and oxygen atoms in total. The number of methoxy groups -OCH3 is 1. The highest BCUT2D eigenvalue weighted by molar-refractivity contribution is 5.82. The first-order chi connectivity index (χ1) is 8.52. The maximum atomic E-state index is 11.3. The lowest BCUT2D eigenvalue weighted by molar-refractivity contribution is -0.125. The van der Waals surface area contributed by atoms with E-state index in [0.29, 0.717) is 5.75 Å². The van der Waals surface area contributed by atoms with Crippen LogP contribution in [0.2, 0.25) is 0 Å². The van der Waals surface area contributed by atoms with Crippen molar-refractivity contribution in [3.63, 3.8) is 0 Å². The quantitative estimate of drug-likeness (QED) is 0.676. The fourth-order valence-electron chi connectivity index (χ4n) is 1.37. The number of aromatic hydroxyl groups is 1. The van der Waals surface area contributed by atoms with Crippen molar-refractivity contribution in [3.8, 4) is 11.5 Å². The molecule has 0 aliphatic heterocycles. The molecule has 0 unspecified atom stereocenters. The van der Waals surface area contributed by atoms with Crippen molar-refractivity contribution in [2.24, 2.45) is 5.73 Å². The molecule has 2 amide bonds. The van der Waals surface area contributed by atoms with Crippen molar-refractivity contribution >= 4 is 11.8 Å². The van der Waals surface area contributed by atoms with E-state index in [2.05, 4.69) is 5.32 Å². The van der Waals surface area contributed by atoms with Gasteiger partial charge in [-0.15, -0.1) is 0 Å². The number of nitrogens with two attached hydrogens (primary N) is 1. The second-order valence-corrected chi connectivity index (χ2v) is 3.75. The van der Waals surface area contributed by atoms with Crippen molar-refractivity contribution in [2.75, 3.05) is 7.11 Å². The van der Waals surface area contributed by atoms with Crippen LogP contribution in [0, 0.1) is 0 Å². The molecule has 4 N–H and O–H groups in total. The number of ether oxygens (including phenoxy) is 1. The summed E-state index contributed by atoms with van der Waals surface area (Å²) in [6.45, 7) is 0.273. The number of carbonyl (C=O) groups is 2. The number of hydrogen-bond acceptors (Lipinski definition) is 4. The van der Waals surface area contributed by atoms with E-state index >= 15 is 0 Å². The molecule has 0 spiro atoms. The number of rotatable bonds is 6. The van der Waals surface area contributed by atoms with Crippen LogP contribution < -0.4 is 15.8 Å².